The van der Waals surface area contributed by atoms with E-state index in [9.17, 15) is 10.2 Å². The van der Waals surface area contributed by atoms with Gasteiger partial charge in [-0.3, -0.25) is 0 Å². The first-order valence-electron chi connectivity index (χ1n) is 9.84. The zero-order valence-electron chi connectivity index (χ0n) is 17.4. The lowest BCUT2D eigenvalue weighted by Gasteiger charge is -2.46. The van der Waals surface area contributed by atoms with Crippen LogP contribution in [0.1, 0.15) is 40.5 Å². The van der Waals surface area contributed by atoms with Crippen molar-refractivity contribution in [2.75, 3.05) is 0 Å². The second-order valence-corrected chi connectivity index (χ2v) is 9.91. The molecule has 30 heavy (non-hydrogen) atoms. The third-order valence-corrected chi connectivity index (χ3v) is 6.12. The molecule has 0 saturated carbocycles. The number of nitrogens with one attached hydrogen (secondary N) is 1. The third-order valence-electron chi connectivity index (χ3n) is 5.31. The highest BCUT2D eigenvalue weighted by molar-refractivity contribution is 9.10. The van der Waals surface area contributed by atoms with Gasteiger partial charge < -0.3 is 20.3 Å². The van der Waals surface area contributed by atoms with Gasteiger partial charge in [-0.1, -0.05) is 0 Å². The van der Waals surface area contributed by atoms with Crippen LogP contribution in [0, 0.1) is 0 Å². The fraction of sp³-hybridized carbons (Fsp3) is 0.409. The molecule has 3 N–H and O–H groups in total. The average molecular weight is 473 g/mol. The number of benzene rings is 1. The lowest BCUT2D eigenvalue weighted by atomic mass is 9.81. The van der Waals surface area contributed by atoms with Crippen molar-refractivity contribution in [3.63, 3.8) is 0 Å². The Morgan fingerprint density at radius 3 is 2.37 bits per heavy atom. The van der Waals surface area contributed by atoms with Gasteiger partial charge in [0, 0.05) is 52.5 Å². The molecular weight excluding hydrogens is 448 g/mol. The van der Waals surface area contributed by atoms with E-state index in [0.29, 0.717) is 32.4 Å². The topological polar surface area (TPSA) is 100 Å². The molecule has 1 saturated heterocycles. The van der Waals surface area contributed by atoms with Crippen molar-refractivity contribution in [1.82, 2.24) is 20.5 Å². The fourth-order valence-electron chi connectivity index (χ4n) is 4.46. The maximum atomic E-state index is 10.6. The van der Waals surface area contributed by atoms with E-state index in [2.05, 4.69) is 64.1 Å². The van der Waals surface area contributed by atoms with Gasteiger partial charge in [-0.25, -0.2) is 4.98 Å². The van der Waals surface area contributed by atoms with E-state index in [0.717, 1.165) is 12.8 Å². The number of hydrogen-bond donors (Lipinski definition) is 3. The van der Waals surface area contributed by atoms with Crippen molar-refractivity contribution in [3.05, 3.63) is 34.9 Å². The summed E-state index contributed by atoms with van der Waals surface area (Å²) in [7, 11) is 0. The summed E-state index contributed by atoms with van der Waals surface area (Å²) in [6.45, 7) is 8.68. The highest BCUT2D eigenvalue weighted by atomic mass is 79.9. The van der Waals surface area contributed by atoms with E-state index in [4.69, 9.17) is 4.74 Å². The van der Waals surface area contributed by atoms with Gasteiger partial charge in [0.1, 0.15) is 11.9 Å². The molecule has 0 unspecified atom stereocenters. The van der Waals surface area contributed by atoms with Gasteiger partial charge in [-0.2, -0.15) is 0 Å². The van der Waals surface area contributed by atoms with E-state index in [1.165, 1.54) is 6.20 Å². The molecule has 1 aliphatic rings. The molecule has 0 spiro atoms. The van der Waals surface area contributed by atoms with E-state index >= 15 is 0 Å². The molecule has 2 aromatic heterocycles. The van der Waals surface area contributed by atoms with Crippen LogP contribution < -0.4 is 10.1 Å². The third kappa shape index (κ3) is 4.06. The van der Waals surface area contributed by atoms with E-state index in [-0.39, 0.29) is 28.8 Å². The Morgan fingerprint density at radius 1 is 1.03 bits per heavy atom. The van der Waals surface area contributed by atoms with Gasteiger partial charge in [0.15, 0.2) is 0 Å². The van der Waals surface area contributed by atoms with Gasteiger partial charge in [-0.15, -0.1) is 10.2 Å². The standard InChI is InChI=1S/C22H25BrN4O3/c1-21(2)10-12(11-22(3,4)27-21)30-17-6-5-16(25-26-17)15-9-14-13(18(23)19(15)28)7-8-24-20(14)29/h5-9,12,27-28H,10-11H2,1-4H3,(H,24,29). The Balaban J connectivity index is 1.62. The molecule has 0 aliphatic carbocycles. The largest absolute Gasteiger partial charge is 0.506 e. The molecule has 7 nitrogen and oxygen atoms in total. The normalized spacial score (nSPS) is 18.4. The van der Waals surface area contributed by atoms with Gasteiger partial charge in [0.2, 0.25) is 11.8 Å². The van der Waals surface area contributed by atoms with Crippen molar-refractivity contribution < 1.29 is 14.9 Å². The minimum absolute atomic E-state index is 0.0259. The minimum Gasteiger partial charge on any atom is -0.506 e. The van der Waals surface area contributed by atoms with Gasteiger partial charge >= 0.3 is 0 Å². The number of rotatable bonds is 3. The molecule has 1 aliphatic heterocycles. The Labute approximate surface area is 183 Å². The number of phenols is 1. The van der Waals surface area contributed by atoms with Crippen LogP contribution in [-0.4, -0.2) is 42.6 Å². The minimum atomic E-state index is -0.113. The van der Waals surface area contributed by atoms with Gasteiger partial charge in [0.05, 0.1) is 10.2 Å². The zero-order chi connectivity index (χ0) is 21.7. The predicted molar refractivity (Wildman–Crippen MR) is 119 cm³/mol. The van der Waals surface area contributed by atoms with Gasteiger partial charge in [0.25, 0.3) is 0 Å². The summed E-state index contributed by atoms with van der Waals surface area (Å²) >= 11 is 3.40. The van der Waals surface area contributed by atoms with Crippen molar-refractivity contribution in [3.8, 4) is 28.8 Å². The number of ether oxygens (including phenoxy) is 1. The Kier molecular flexibility index (Phi) is 5.10. The number of hydrogen-bond acceptors (Lipinski definition) is 7. The van der Waals surface area contributed by atoms with E-state index in [1.54, 1.807) is 24.3 Å². The lowest BCUT2D eigenvalue weighted by molar-refractivity contribution is 0.0524. The average Bonchev–Trinajstić information content (AvgIpc) is 2.63. The molecule has 0 atom stereocenters. The first-order chi connectivity index (χ1) is 14.0. The molecule has 1 fully saturated rings. The second kappa shape index (κ2) is 7.35. The summed E-state index contributed by atoms with van der Waals surface area (Å²) in [4.78, 5) is 3.91. The molecule has 0 amide bonds. The number of pyridine rings is 1. The van der Waals surface area contributed by atoms with Crippen molar-refractivity contribution >= 4 is 26.7 Å². The quantitative estimate of drug-likeness (QED) is 0.513. The van der Waals surface area contributed by atoms with Crippen LogP contribution in [0.2, 0.25) is 0 Å². The molecule has 4 rings (SSSR count). The molecule has 8 heteroatoms. The first kappa shape index (κ1) is 20.8. The SMILES string of the molecule is CC1(C)CC(Oc2ccc(-c3cc4c(O)nccc4c(Br)c3O)nn2)CC(C)(C)N1. The first-order valence-corrected chi connectivity index (χ1v) is 10.6. The second-order valence-electron chi connectivity index (χ2n) is 9.11. The summed E-state index contributed by atoms with van der Waals surface area (Å²) in [6.07, 6.45) is 3.24. The smallest absolute Gasteiger partial charge is 0.233 e. The highest BCUT2D eigenvalue weighted by Gasteiger charge is 2.38. The van der Waals surface area contributed by atoms with E-state index < -0.39 is 0 Å². The molecule has 1 aromatic carbocycles. The van der Waals surface area contributed by atoms with Crippen LogP contribution in [0.25, 0.3) is 22.0 Å². The summed E-state index contributed by atoms with van der Waals surface area (Å²) in [6, 6.07) is 6.87. The Morgan fingerprint density at radius 2 is 1.73 bits per heavy atom. The van der Waals surface area contributed by atoms with Crippen molar-refractivity contribution in [2.45, 2.75) is 57.7 Å². The number of piperidine rings is 1. The van der Waals surface area contributed by atoms with Crippen LogP contribution in [0.3, 0.4) is 0 Å². The van der Waals surface area contributed by atoms with Gasteiger partial charge in [-0.05, 0) is 61.8 Å². The number of halogens is 1. The monoisotopic (exact) mass is 472 g/mol. The van der Waals surface area contributed by atoms with Crippen LogP contribution in [0.4, 0.5) is 0 Å². The number of fused-ring (bicyclic) bond motifs is 1. The van der Waals surface area contributed by atoms with E-state index in [1.807, 2.05) is 0 Å². The Bertz CT molecular complexity index is 1080. The lowest BCUT2D eigenvalue weighted by Crippen LogP contribution is -2.60. The van der Waals surface area contributed by atoms with Crippen LogP contribution in [0.5, 0.6) is 17.5 Å². The molecular formula is C22H25BrN4O3. The number of phenolic OH excluding ortho intramolecular Hbond substituents is 1. The summed E-state index contributed by atoms with van der Waals surface area (Å²) in [5, 5.41) is 34.0. The highest BCUT2D eigenvalue weighted by Crippen LogP contribution is 2.42. The zero-order valence-corrected chi connectivity index (χ0v) is 19.0. The number of aromatic hydroxyl groups is 2. The Hall–Kier alpha value is -2.45. The number of aromatic nitrogens is 3. The van der Waals surface area contributed by atoms with Crippen LogP contribution in [0.15, 0.2) is 34.9 Å². The fourth-order valence-corrected chi connectivity index (χ4v) is 5.02. The van der Waals surface area contributed by atoms with Crippen LogP contribution >= 0.6 is 15.9 Å². The maximum Gasteiger partial charge on any atom is 0.233 e. The molecule has 0 radical (unpaired) electrons. The summed E-state index contributed by atoms with van der Waals surface area (Å²) < 4.78 is 6.59. The number of nitrogens with zero attached hydrogens (tertiary/aromatic N) is 3. The van der Waals surface area contributed by atoms with Crippen LogP contribution in [-0.2, 0) is 0 Å². The predicted octanol–water partition coefficient (Wildman–Crippen LogP) is 4.55. The molecule has 0 bridgehead atoms. The summed E-state index contributed by atoms with van der Waals surface area (Å²) in [5.74, 6) is 0.359. The van der Waals surface area contributed by atoms with Crippen molar-refractivity contribution in [1.29, 1.82) is 0 Å². The summed E-state index contributed by atoms with van der Waals surface area (Å²) in [5.41, 5.74) is 0.857. The molecule has 3 aromatic rings. The maximum absolute atomic E-state index is 10.6. The molecule has 158 valence electrons. The van der Waals surface area contributed by atoms with Crippen molar-refractivity contribution in [2.24, 2.45) is 0 Å². The molecule has 3 heterocycles.